The zero-order chi connectivity index (χ0) is 9.52. The predicted octanol–water partition coefficient (Wildman–Crippen LogP) is 3.59. The number of nitrogens with one attached hydrogen (secondary N) is 1. The van der Waals surface area contributed by atoms with Crippen molar-refractivity contribution in [3.05, 3.63) is 41.4 Å². The quantitative estimate of drug-likeness (QED) is 0.758. The summed E-state index contributed by atoms with van der Waals surface area (Å²) in [6.07, 6.45) is 1.84. The number of benzene rings is 1. The summed E-state index contributed by atoms with van der Waals surface area (Å²) in [5.74, 6) is 0.522. The van der Waals surface area contributed by atoms with Crippen LogP contribution in [0.3, 0.4) is 0 Å². The second-order valence-electron chi connectivity index (χ2n) is 2.53. The number of rotatable bonds is 4. The van der Waals surface area contributed by atoms with E-state index in [9.17, 15) is 0 Å². The first-order chi connectivity index (χ1) is 6.38. The number of hydrogen-bond donors (Lipinski definition) is 1. The molecule has 3 heteroatoms. The number of anilines is 1. The molecule has 0 fully saturated rings. The molecule has 0 spiro atoms. The van der Waals surface area contributed by atoms with E-state index in [0.717, 1.165) is 17.8 Å². The minimum atomic E-state index is 0.522. The van der Waals surface area contributed by atoms with Crippen molar-refractivity contribution < 1.29 is 0 Å². The molecule has 0 aromatic heterocycles. The van der Waals surface area contributed by atoms with Crippen LogP contribution in [-0.2, 0) is 5.88 Å². The first-order valence-corrected chi connectivity index (χ1v) is 4.98. The molecular formula is C10H11Cl2N. The van der Waals surface area contributed by atoms with Crippen molar-refractivity contribution in [1.82, 2.24) is 0 Å². The van der Waals surface area contributed by atoms with Crippen LogP contribution in [0.2, 0.25) is 0 Å². The maximum Gasteiger partial charge on any atom is 0.0494 e. The van der Waals surface area contributed by atoms with Gasteiger partial charge in [-0.2, -0.15) is 0 Å². The number of alkyl halides is 1. The van der Waals surface area contributed by atoms with Crippen molar-refractivity contribution in [3.63, 3.8) is 0 Å². The molecule has 0 aliphatic rings. The minimum Gasteiger partial charge on any atom is -0.381 e. The largest absolute Gasteiger partial charge is 0.381 e. The Morgan fingerprint density at radius 1 is 1.31 bits per heavy atom. The lowest BCUT2D eigenvalue weighted by Crippen LogP contribution is -2.00. The summed E-state index contributed by atoms with van der Waals surface area (Å²) in [4.78, 5) is 0. The molecule has 1 nitrogen and oxygen atoms in total. The predicted molar refractivity (Wildman–Crippen MR) is 59.5 cm³/mol. The third-order valence-electron chi connectivity index (χ3n) is 1.66. The molecule has 0 saturated carbocycles. The molecule has 1 rings (SSSR count). The van der Waals surface area contributed by atoms with E-state index in [1.54, 1.807) is 0 Å². The summed E-state index contributed by atoms with van der Waals surface area (Å²) in [6.45, 7) is 0.720. The van der Waals surface area contributed by atoms with E-state index in [1.807, 2.05) is 30.3 Å². The molecule has 0 heterocycles. The highest BCUT2D eigenvalue weighted by Gasteiger charge is 1.96. The molecule has 1 aromatic carbocycles. The van der Waals surface area contributed by atoms with Gasteiger partial charge in [-0.1, -0.05) is 35.9 Å². The zero-order valence-corrected chi connectivity index (χ0v) is 8.65. The Morgan fingerprint density at radius 2 is 2.08 bits per heavy atom. The van der Waals surface area contributed by atoms with E-state index in [4.69, 9.17) is 23.2 Å². The molecule has 0 aliphatic heterocycles. The Labute approximate surface area is 88.4 Å². The topological polar surface area (TPSA) is 12.0 Å². The van der Waals surface area contributed by atoms with Crippen molar-refractivity contribution in [2.75, 3.05) is 11.9 Å². The molecule has 1 N–H and O–H groups in total. The fourth-order valence-corrected chi connectivity index (χ4v) is 1.34. The number of halogens is 2. The highest BCUT2D eigenvalue weighted by Crippen LogP contribution is 2.16. The van der Waals surface area contributed by atoms with Crippen LogP contribution in [-0.4, -0.2) is 6.54 Å². The number of hydrogen-bond acceptors (Lipinski definition) is 1. The third-order valence-corrected chi connectivity index (χ3v) is 2.13. The molecule has 0 unspecified atom stereocenters. The van der Waals surface area contributed by atoms with Crippen molar-refractivity contribution in [3.8, 4) is 0 Å². The third kappa shape index (κ3) is 3.29. The number of para-hydroxylation sites is 1. The van der Waals surface area contributed by atoms with Crippen molar-refractivity contribution in [2.45, 2.75) is 5.88 Å². The molecule has 1 aromatic rings. The van der Waals surface area contributed by atoms with E-state index < -0.39 is 0 Å². The van der Waals surface area contributed by atoms with Crippen LogP contribution in [0.1, 0.15) is 5.56 Å². The van der Waals surface area contributed by atoms with Crippen LogP contribution in [0.4, 0.5) is 5.69 Å². The van der Waals surface area contributed by atoms with Crippen LogP contribution in [0.5, 0.6) is 0 Å². The second kappa shape index (κ2) is 5.90. The minimum absolute atomic E-state index is 0.522. The Balaban J connectivity index is 2.64. The van der Waals surface area contributed by atoms with Crippen molar-refractivity contribution >= 4 is 28.9 Å². The van der Waals surface area contributed by atoms with Gasteiger partial charge in [-0.15, -0.1) is 11.6 Å². The van der Waals surface area contributed by atoms with Gasteiger partial charge in [-0.25, -0.2) is 0 Å². The van der Waals surface area contributed by atoms with Gasteiger partial charge in [0.15, 0.2) is 0 Å². The van der Waals surface area contributed by atoms with Crippen LogP contribution in [0.25, 0.3) is 0 Å². The Bertz CT molecular complexity index is 284. The summed E-state index contributed by atoms with van der Waals surface area (Å²) >= 11 is 11.2. The smallest absolute Gasteiger partial charge is 0.0494 e. The Kier molecular flexibility index (Phi) is 4.73. The second-order valence-corrected chi connectivity index (χ2v) is 3.05. The molecule has 0 radical (unpaired) electrons. The molecule has 0 saturated heterocycles. The van der Waals surface area contributed by atoms with E-state index in [0.29, 0.717) is 5.88 Å². The van der Waals surface area contributed by atoms with Gasteiger partial charge in [0, 0.05) is 23.6 Å². The summed E-state index contributed by atoms with van der Waals surface area (Å²) in [6, 6.07) is 7.95. The fourth-order valence-electron chi connectivity index (χ4n) is 1.02. The van der Waals surface area contributed by atoms with Crippen molar-refractivity contribution in [1.29, 1.82) is 0 Å². The molecule has 0 bridgehead atoms. The Hall–Kier alpha value is -0.660. The van der Waals surface area contributed by atoms with Gasteiger partial charge in [0.25, 0.3) is 0 Å². The van der Waals surface area contributed by atoms with Gasteiger partial charge in [0.2, 0.25) is 0 Å². The van der Waals surface area contributed by atoms with E-state index in [1.165, 1.54) is 5.54 Å². The molecule has 0 atom stereocenters. The van der Waals surface area contributed by atoms with Gasteiger partial charge >= 0.3 is 0 Å². The lowest BCUT2D eigenvalue weighted by Gasteiger charge is -2.07. The lowest BCUT2D eigenvalue weighted by molar-refractivity contribution is 1.29. The highest BCUT2D eigenvalue weighted by molar-refractivity contribution is 6.25. The first kappa shape index (κ1) is 10.4. The average Bonchev–Trinajstić information content (AvgIpc) is 2.19. The van der Waals surface area contributed by atoms with Gasteiger partial charge in [-0.05, 0) is 11.6 Å². The molecule has 13 heavy (non-hydrogen) atoms. The van der Waals surface area contributed by atoms with Crippen LogP contribution >= 0.6 is 23.2 Å². The maximum atomic E-state index is 5.76. The summed E-state index contributed by atoms with van der Waals surface area (Å²) in [7, 11) is 0. The Morgan fingerprint density at radius 3 is 2.77 bits per heavy atom. The average molecular weight is 216 g/mol. The first-order valence-electron chi connectivity index (χ1n) is 4.01. The summed E-state index contributed by atoms with van der Waals surface area (Å²) in [5.41, 5.74) is 3.66. The zero-order valence-electron chi connectivity index (χ0n) is 7.13. The van der Waals surface area contributed by atoms with E-state index in [-0.39, 0.29) is 0 Å². The monoisotopic (exact) mass is 215 g/mol. The standard InChI is InChI=1S/C10H11Cl2N/c11-6-3-7-13-10-5-2-1-4-9(10)8-12/h1-6,13H,7-8H2/b6-3+. The van der Waals surface area contributed by atoms with E-state index in [2.05, 4.69) is 5.32 Å². The molecule has 70 valence electrons. The van der Waals surface area contributed by atoms with Crippen LogP contribution < -0.4 is 5.32 Å². The molecule has 0 aliphatic carbocycles. The van der Waals surface area contributed by atoms with Crippen LogP contribution in [0, 0.1) is 0 Å². The summed E-state index contributed by atoms with van der Waals surface area (Å²) in [5, 5.41) is 3.21. The molecular weight excluding hydrogens is 205 g/mol. The van der Waals surface area contributed by atoms with Gasteiger partial charge in [0.1, 0.15) is 0 Å². The van der Waals surface area contributed by atoms with Crippen LogP contribution in [0.15, 0.2) is 35.9 Å². The SMILES string of the molecule is Cl/C=C/CNc1ccccc1CCl. The van der Waals surface area contributed by atoms with Gasteiger partial charge < -0.3 is 5.32 Å². The van der Waals surface area contributed by atoms with Gasteiger partial charge in [-0.3, -0.25) is 0 Å². The lowest BCUT2D eigenvalue weighted by atomic mass is 10.2. The highest BCUT2D eigenvalue weighted by atomic mass is 35.5. The van der Waals surface area contributed by atoms with Crippen molar-refractivity contribution in [2.24, 2.45) is 0 Å². The maximum absolute atomic E-state index is 5.76. The van der Waals surface area contributed by atoms with Gasteiger partial charge in [0.05, 0.1) is 0 Å². The fraction of sp³-hybridized carbons (Fsp3) is 0.200. The normalized spacial score (nSPS) is 10.6. The molecule has 0 amide bonds. The van der Waals surface area contributed by atoms with E-state index >= 15 is 0 Å². The summed E-state index contributed by atoms with van der Waals surface area (Å²) < 4.78 is 0.